The van der Waals surface area contributed by atoms with Crippen molar-refractivity contribution in [2.75, 3.05) is 13.7 Å². The second-order valence-corrected chi connectivity index (χ2v) is 5.78. The normalized spacial score (nSPS) is 13.0. The first-order chi connectivity index (χ1) is 11.5. The lowest BCUT2D eigenvalue weighted by Gasteiger charge is -2.17. The van der Waals surface area contributed by atoms with Gasteiger partial charge in [-0.25, -0.2) is 4.79 Å². The number of amides is 2. The number of hydrogen-bond acceptors (Lipinski definition) is 3. The number of hydrogen-bond donors (Lipinski definition) is 3. The Balaban J connectivity index is 1.82. The second kappa shape index (κ2) is 8.36. The molecule has 0 aliphatic heterocycles. The van der Waals surface area contributed by atoms with Crippen LogP contribution in [0, 0.1) is 6.92 Å². The van der Waals surface area contributed by atoms with E-state index in [2.05, 4.69) is 10.6 Å². The van der Waals surface area contributed by atoms with Gasteiger partial charge in [0.05, 0.1) is 19.3 Å². The van der Waals surface area contributed by atoms with Crippen molar-refractivity contribution in [3.05, 3.63) is 65.2 Å². The number of ether oxygens (including phenoxy) is 1. The zero-order valence-corrected chi connectivity index (χ0v) is 14.2. The molecule has 3 N–H and O–H groups in total. The summed E-state index contributed by atoms with van der Waals surface area (Å²) in [5.41, 5.74) is 2.94. The first-order valence-electron chi connectivity index (χ1n) is 7.92. The molecule has 24 heavy (non-hydrogen) atoms. The number of rotatable bonds is 6. The van der Waals surface area contributed by atoms with Crippen LogP contribution in [0.25, 0.3) is 0 Å². The smallest absolute Gasteiger partial charge is 0.315 e. The molecule has 0 heterocycles. The molecular formula is C19H24N2O3. The molecule has 2 atom stereocenters. The van der Waals surface area contributed by atoms with Crippen LogP contribution in [0.3, 0.4) is 0 Å². The fourth-order valence-corrected chi connectivity index (χ4v) is 2.32. The number of methoxy groups -OCH3 is 1. The Morgan fingerprint density at radius 2 is 1.67 bits per heavy atom. The van der Waals surface area contributed by atoms with Gasteiger partial charge >= 0.3 is 6.03 Å². The van der Waals surface area contributed by atoms with Gasteiger partial charge in [0.1, 0.15) is 5.75 Å². The maximum Gasteiger partial charge on any atom is 0.315 e. The molecule has 2 aromatic carbocycles. The summed E-state index contributed by atoms with van der Waals surface area (Å²) < 4.78 is 5.08. The third kappa shape index (κ3) is 4.99. The summed E-state index contributed by atoms with van der Waals surface area (Å²) in [5, 5.41) is 15.7. The molecule has 5 nitrogen and oxygen atoms in total. The lowest BCUT2D eigenvalue weighted by atomic mass is 10.1. The van der Waals surface area contributed by atoms with Gasteiger partial charge in [0.25, 0.3) is 0 Å². The molecule has 0 radical (unpaired) electrons. The number of aliphatic hydroxyl groups excluding tert-OH is 1. The van der Waals surface area contributed by atoms with E-state index in [0.29, 0.717) is 0 Å². The van der Waals surface area contributed by atoms with Crippen LogP contribution in [-0.2, 0) is 0 Å². The highest BCUT2D eigenvalue weighted by Crippen LogP contribution is 2.17. The third-order valence-electron chi connectivity index (χ3n) is 3.88. The Labute approximate surface area is 142 Å². The van der Waals surface area contributed by atoms with E-state index in [1.54, 1.807) is 31.4 Å². The highest BCUT2D eigenvalue weighted by atomic mass is 16.5. The standard InChI is InChI=1S/C19H24N2O3/c1-13-4-6-15(7-5-13)14(2)21-19(23)20-12-18(22)16-8-10-17(24-3)11-9-16/h4-11,14,18,22H,12H2,1-3H3,(H2,20,21,23). The fraction of sp³-hybridized carbons (Fsp3) is 0.316. The van der Waals surface area contributed by atoms with E-state index in [4.69, 9.17) is 4.74 Å². The summed E-state index contributed by atoms with van der Waals surface area (Å²) in [6, 6.07) is 14.7. The monoisotopic (exact) mass is 328 g/mol. The van der Waals surface area contributed by atoms with Gasteiger partial charge in [-0.05, 0) is 37.1 Å². The van der Waals surface area contributed by atoms with Gasteiger partial charge in [0.15, 0.2) is 0 Å². The number of aryl methyl sites for hydroxylation is 1. The third-order valence-corrected chi connectivity index (χ3v) is 3.88. The molecule has 0 aliphatic carbocycles. The minimum absolute atomic E-state index is 0.108. The average Bonchev–Trinajstić information content (AvgIpc) is 2.60. The molecule has 5 heteroatoms. The lowest BCUT2D eigenvalue weighted by Crippen LogP contribution is -2.39. The van der Waals surface area contributed by atoms with Crippen LogP contribution in [0.1, 0.15) is 35.8 Å². The number of carbonyl (C=O) groups excluding carboxylic acids is 1. The largest absolute Gasteiger partial charge is 0.497 e. The van der Waals surface area contributed by atoms with Crippen molar-refractivity contribution in [1.82, 2.24) is 10.6 Å². The van der Waals surface area contributed by atoms with Gasteiger partial charge < -0.3 is 20.5 Å². The fourth-order valence-electron chi connectivity index (χ4n) is 2.32. The molecule has 0 spiro atoms. The maximum atomic E-state index is 12.0. The summed E-state index contributed by atoms with van der Waals surface area (Å²) in [7, 11) is 1.59. The van der Waals surface area contributed by atoms with Gasteiger partial charge in [-0.1, -0.05) is 42.0 Å². The van der Waals surface area contributed by atoms with E-state index in [1.807, 2.05) is 38.1 Å². The molecular weight excluding hydrogens is 304 g/mol. The van der Waals surface area contributed by atoms with Gasteiger partial charge in [-0.3, -0.25) is 0 Å². The quantitative estimate of drug-likeness (QED) is 0.763. The van der Waals surface area contributed by atoms with Crippen LogP contribution in [0.15, 0.2) is 48.5 Å². The molecule has 2 rings (SSSR count). The van der Waals surface area contributed by atoms with Crippen molar-refractivity contribution in [3.63, 3.8) is 0 Å². The molecule has 2 amide bonds. The Morgan fingerprint density at radius 3 is 2.25 bits per heavy atom. The maximum absolute atomic E-state index is 12.0. The number of carbonyl (C=O) groups is 1. The average molecular weight is 328 g/mol. The number of nitrogens with one attached hydrogen (secondary N) is 2. The number of urea groups is 1. The number of aliphatic hydroxyl groups is 1. The zero-order chi connectivity index (χ0) is 17.5. The first kappa shape index (κ1) is 17.8. The minimum Gasteiger partial charge on any atom is -0.497 e. The molecule has 0 aliphatic rings. The summed E-state index contributed by atoms with van der Waals surface area (Å²) in [6.45, 7) is 4.08. The van der Waals surface area contributed by atoms with Crippen molar-refractivity contribution in [3.8, 4) is 5.75 Å². The molecule has 0 aromatic heterocycles. The zero-order valence-electron chi connectivity index (χ0n) is 14.2. The Kier molecular flexibility index (Phi) is 6.21. The van der Waals surface area contributed by atoms with Crippen LogP contribution >= 0.6 is 0 Å². The Morgan fingerprint density at radius 1 is 1.08 bits per heavy atom. The van der Waals surface area contributed by atoms with Crippen LogP contribution < -0.4 is 15.4 Å². The molecule has 0 bridgehead atoms. The van der Waals surface area contributed by atoms with E-state index >= 15 is 0 Å². The Bertz CT molecular complexity index is 653. The summed E-state index contributed by atoms with van der Waals surface area (Å²) in [4.78, 5) is 12.0. The van der Waals surface area contributed by atoms with Gasteiger partial charge in [0.2, 0.25) is 0 Å². The summed E-state index contributed by atoms with van der Waals surface area (Å²) >= 11 is 0. The second-order valence-electron chi connectivity index (χ2n) is 5.78. The lowest BCUT2D eigenvalue weighted by molar-refractivity contribution is 0.172. The minimum atomic E-state index is -0.767. The summed E-state index contributed by atoms with van der Waals surface area (Å²) in [5.74, 6) is 0.726. The molecule has 2 unspecified atom stereocenters. The molecule has 0 saturated heterocycles. The van der Waals surface area contributed by atoms with E-state index in [9.17, 15) is 9.90 Å². The van der Waals surface area contributed by atoms with E-state index in [-0.39, 0.29) is 18.6 Å². The van der Waals surface area contributed by atoms with Crippen LogP contribution in [0.5, 0.6) is 5.75 Å². The van der Waals surface area contributed by atoms with Gasteiger partial charge in [0, 0.05) is 6.54 Å². The van der Waals surface area contributed by atoms with Crippen molar-refractivity contribution >= 4 is 6.03 Å². The predicted octanol–water partition coefficient (Wildman–Crippen LogP) is 3.10. The van der Waals surface area contributed by atoms with Gasteiger partial charge in [-0.15, -0.1) is 0 Å². The van der Waals surface area contributed by atoms with Crippen molar-refractivity contribution < 1.29 is 14.6 Å². The molecule has 0 saturated carbocycles. The van der Waals surface area contributed by atoms with Crippen molar-refractivity contribution in [2.24, 2.45) is 0 Å². The van der Waals surface area contributed by atoms with Crippen LogP contribution in [-0.4, -0.2) is 24.8 Å². The first-order valence-corrected chi connectivity index (χ1v) is 7.92. The van der Waals surface area contributed by atoms with Gasteiger partial charge in [-0.2, -0.15) is 0 Å². The molecule has 2 aromatic rings. The van der Waals surface area contributed by atoms with Crippen LogP contribution in [0.4, 0.5) is 4.79 Å². The van der Waals surface area contributed by atoms with E-state index in [0.717, 1.165) is 16.9 Å². The van der Waals surface area contributed by atoms with Crippen molar-refractivity contribution in [2.45, 2.75) is 26.0 Å². The highest BCUT2D eigenvalue weighted by Gasteiger charge is 2.12. The van der Waals surface area contributed by atoms with E-state index in [1.165, 1.54) is 5.56 Å². The molecule has 0 fully saturated rings. The number of benzene rings is 2. The van der Waals surface area contributed by atoms with E-state index < -0.39 is 6.10 Å². The SMILES string of the molecule is COc1ccc(C(O)CNC(=O)NC(C)c2ccc(C)cc2)cc1. The Hall–Kier alpha value is -2.53. The topological polar surface area (TPSA) is 70.6 Å². The van der Waals surface area contributed by atoms with Crippen LogP contribution in [0.2, 0.25) is 0 Å². The highest BCUT2D eigenvalue weighted by molar-refractivity contribution is 5.74. The summed E-state index contributed by atoms with van der Waals surface area (Å²) in [6.07, 6.45) is -0.767. The van der Waals surface area contributed by atoms with Crippen molar-refractivity contribution in [1.29, 1.82) is 0 Å². The predicted molar refractivity (Wildman–Crippen MR) is 94.1 cm³/mol. The molecule has 128 valence electrons.